The SMILES string of the molecule is CN(CCNS(=O)(=O)c1ccc(Cl)nc1)c1ccccc1. The molecule has 0 fully saturated rings. The number of nitrogens with one attached hydrogen (secondary N) is 1. The number of nitrogens with zero attached hydrogens (tertiary/aromatic N) is 2. The van der Waals surface area contributed by atoms with E-state index in [9.17, 15) is 8.42 Å². The van der Waals surface area contributed by atoms with E-state index in [0.717, 1.165) is 5.69 Å². The zero-order valence-electron chi connectivity index (χ0n) is 11.5. The number of hydrogen-bond acceptors (Lipinski definition) is 4. The lowest BCUT2D eigenvalue weighted by atomic mass is 10.3. The van der Waals surface area contributed by atoms with Crippen molar-refractivity contribution in [3.63, 3.8) is 0 Å². The van der Waals surface area contributed by atoms with Crippen LogP contribution in [0.2, 0.25) is 5.15 Å². The largest absolute Gasteiger partial charge is 0.373 e. The quantitative estimate of drug-likeness (QED) is 0.827. The zero-order valence-corrected chi connectivity index (χ0v) is 13.1. The van der Waals surface area contributed by atoms with Crippen LogP contribution in [0.25, 0.3) is 0 Å². The number of sulfonamides is 1. The van der Waals surface area contributed by atoms with Crippen molar-refractivity contribution >= 4 is 27.3 Å². The van der Waals surface area contributed by atoms with Crippen LogP contribution in [0.4, 0.5) is 5.69 Å². The second-order valence-corrected chi connectivity index (χ2v) is 6.63. The number of likely N-dealkylation sites (N-methyl/N-ethyl adjacent to an activating group) is 1. The topological polar surface area (TPSA) is 62.3 Å². The molecule has 21 heavy (non-hydrogen) atoms. The highest BCUT2D eigenvalue weighted by Gasteiger charge is 2.14. The summed E-state index contributed by atoms with van der Waals surface area (Å²) in [6.45, 7) is 0.862. The number of benzene rings is 1. The van der Waals surface area contributed by atoms with Crippen molar-refractivity contribution in [3.8, 4) is 0 Å². The Labute approximate surface area is 129 Å². The number of aromatic nitrogens is 1. The Morgan fingerprint density at radius 3 is 2.52 bits per heavy atom. The predicted molar refractivity (Wildman–Crippen MR) is 84.1 cm³/mol. The highest BCUT2D eigenvalue weighted by Crippen LogP contribution is 2.12. The van der Waals surface area contributed by atoms with Gasteiger partial charge in [-0.3, -0.25) is 0 Å². The highest BCUT2D eigenvalue weighted by molar-refractivity contribution is 7.89. The minimum Gasteiger partial charge on any atom is -0.373 e. The van der Waals surface area contributed by atoms with Gasteiger partial charge >= 0.3 is 0 Å². The summed E-state index contributed by atoms with van der Waals surface area (Å²) in [6, 6.07) is 12.6. The molecule has 1 aromatic carbocycles. The van der Waals surface area contributed by atoms with Gasteiger partial charge in [0.25, 0.3) is 0 Å². The van der Waals surface area contributed by atoms with Crippen molar-refractivity contribution in [2.75, 3.05) is 25.0 Å². The van der Waals surface area contributed by atoms with E-state index in [4.69, 9.17) is 11.6 Å². The summed E-state index contributed by atoms with van der Waals surface area (Å²) in [5, 5.41) is 0.262. The maximum atomic E-state index is 12.0. The van der Waals surface area contributed by atoms with Crippen LogP contribution in [0.3, 0.4) is 0 Å². The molecule has 0 unspecified atom stereocenters. The molecule has 2 aromatic rings. The Morgan fingerprint density at radius 2 is 1.90 bits per heavy atom. The average molecular weight is 326 g/mol. The lowest BCUT2D eigenvalue weighted by Crippen LogP contribution is -2.33. The molecule has 0 atom stereocenters. The van der Waals surface area contributed by atoms with Crippen LogP contribution in [-0.2, 0) is 10.0 Å². The Kier molecular flexibility index (Phi) is 5.17. The van der Waals surface area contributed by atoms with E-state index in [2.05, 4.69) is 9.71 Å². The molecule has 5 nitrogen and oxygen atoms in total. The molecule has 0 bridgehead atoms. The van der Waals surface area contributed by atoms with Gasteiger partial charge in [0.15, 0.2) is 0 Å². The van der Waals surface area contributed by atoms with Crippen LogP contribution in [0.1, 0.15) is 0 Å². The Bertz CT molecular complexity index is 675. The van der Waals surface area contributed by atoms with Crippen LogP contribution in [0.15, 0.2) is 53.6 Å². The molecule has 0 saturated heterocycles. The average Bonchev–Trinajstić information content (AvgIpc) is 2.48. The van der Waals surface area contributed by atoms with E-state index in [0.29, 0.717) is 13.1 Å². The highest BCUT2D eigenvalue weighted by atomic mass is 35.5. The monoisotopic (exact) mass is 325 g/mol. The van der Waals surface area contributed by atoms with Crippen LogP contribution < -0.4 is 9.62 Å². The van der Waals surface area contributed by atoms with E-state index in [-0.39, 0.29) is 10.0 Å². The second-order valence-electron chi connectivity index (χ2n) is 4.47. The van der Waals surface area contributed by atoms with Gasteiger partial charge in [-0.2, -0.15) is 0 Å². The van der Waals surface area contributed by atoms with Gasteiger partial charge in [-0.05, 0) is 24.3 Å². The first-order chi connectivity index (χ1) is 9.99. The number of para-hydroxylation sites is 1. The molecule has 0 saturated carbocycles. The second kappa shape index (κ2) is 6.89. The fourth-order valence-corrected chi connectivity index (χ4v) is 2.84. The van der Waals surface area contributed by atoms with Crippen LogP contribution >= 0.6 is 11.6 Å². The third kappa shape index (κ3) is 4.42. The molecular formula is C14H16ClN3O2S. The van der Waals surface area contributed by atoms with Crippen molar-refractivity contribution in [1.82, 2.24) is 9.71 Å². The lowest BCUT2D eigenvalue weighted by molar-refractivity contribution is 0.581. The summed E-state index contributed by atoms with van der Waals surface area (Å²) in [6.07, 6.45) is 1.24. The van der Waals surface area contributed by atoms with Gasteiger partial charge in [-0.25, -0.2) is 18.1 Å². The number of pyridine rings is 1. The maximum absolute atomic E-state index is 12.0. The summed E-state index contributed by atoms with van der Waals surface area (Å²) in [4.78, 5) is 5.85. The molecule has 112 valence electrons. The summed E-state index contributed by atoms with van der Waals surface area (Å²) in [5.74, 6) is 0. The maximum Gasteiger partial charge on any atom is 0.242 e. The minimum absolute atomic E-state index is 0.106. The van der Waals surface area contributed by atoms with Gasteiger partial charge in [0.1, 0.15) is 10.0 Å². The van der Waals surface area contributed by atoms with Gasteiger partial charge < -0.3 is 4.90 Å². The van der Waals surface area contributed by atoms with E-state index < -0.39 is 10.0 Å². The number of rotatable bonds is 6. The van der Waals surface area contributed by atoms with E-state index in [1.807, 2.05) is 42.3 Å². The first-order valence-corrected chi connectivity index (χ1v) is 8.22. The fraction of sp³-hybridized carbons (Fsp3) is 0.214. The lowest BCUT2D eigenvalue weighted by Gasteiger charge is -2.19. The van der Waals surface area contributed by atoms with E-state index in [1.165, 1.54) is 18.3 Å². The van der Waals surface area contributed by atoms with Crippen molar-refractivity contribution in [2.45, 2.75) is 4.90 Å². The van der Waals surface area contributed by atoms with E-state index in [1.54, 1.807) is 0 Å². The molecular weight excluding hydrogens is 310 g/mol. The third-order valence-electron chi connectivity index (χ3n) is 2.95. The molecule has 0 aliphatic heterocycles. The third-order valence-corrected chi connectivity index (χ3v) is 4.62. The van der Waals surface area contributed by atoms with Gasteiger partial charge in [-0.15, -0.1) is 0 Å². The number of halogens is 1. The van der Waals surface area contributed by atoms with Crippen LogP contribution in [-0.4, -0.2) is 33.5 Å². The van der Waals surface area contributed by atoms with Gasteiger partial charge in [0.05, 0.1) is 0 Å². The molecule has 0 spiro atoms. The van der Waals surface area contributed by atoms with Gasteiger partial charge in [-0.1, -0.05) is 29.8 Å². The number of anilines is 1. The van der Waals surface area contributed by atoms with Crippen molar-refractivity contribution in [2.24, 2.45) is 0 Å². The normalized spacial score (nSPS) is 11.3. The Morgan fingerprint density at radius 1 is 1.19 bits per heavy atom. The molecule has 1 N–H and O–H groups in total. The standard InChI is InChI=1S/C14H16ClN3O2S/c1-18(12-5-3-2-4-6-12)10-9-17-21(19,20)13-7-8-14(15)16-11-13/h2-8,11,17H,9-10H2,1H3. The Hall–Kier alpha value is -1.63. The van der Waals surface area contributed by atoms with Crippen molar-refractivity contribution < 1.29 is 8.42 Å². The number of hydrogen-bond donors (Lipinski definition) is 1. The molecule has 0 radical (unpaired) electrons. The van der Waals surface area contributed by atoms with Gasteiger partial charge in [0, 0.05) is 32.0 Å². The molecule has 0 aliphatic carbocycles. The minimum atomic E-state index is -3.55. The molecule has 1 heterocycles. The first-order valence-electron chi connectivity index (χ1n) is 6.36. The summed E-state index contributed by atoms with van der Waals surface area (Å²) < 4.78 is 26.6. The van der Waals surface area contributed by atoms with E-state index >= 15 is 0 Å². The first kappa shape index (κ1) is 15.8. The Balaban J connectivity index is 1.92. The van der Waals surface area contributed by atoms with Crippen molar-refractivity contribution in [3.05, 3.63) is 53.8 Å². The molecule has 1 aromatic heterocycles. The van der Waals surface area contributed by atoms with Crippen molar-refractivity contribution in [1.29, 1.82) is 0 Å². The summed E-state index contributed by atoms with van der Waals surface area (Å²) in [7, 11) is -1.64. The van der Waals surface area contributed by atoms with Gasteiger partial charge in [0.2, 0.25) is 10.0 Å². The predicted octanol–water partition coefficient (Wildman–Crippen LogP) is 2.15. The summed E-state index contributed by atoms with van der Waals surface area (Å²) >= 11 is 5.64. The molecule has 0 amide bonds. The van der Waals surface area contributed by atoms with Crippen LogP contribution in [0, 0.1) is 0 Å². The molecule has 7 heteroatoms. The fourth-order valence-electron chi connectivity index (χ4n) is 1.76. The smallest absolute Gasteiger partial charge is 0.242 e. The van der Waals surface area contributed by atoms with Crippen LogP contribution in [0.5, 0.6) is 0 Å². The summed E-state index contributed by atoms with van der Waals surface area (Å²) in [5.41, 5.74) is 1.03. The molecule has 0 aliphatic rings. The zero-order chi connectivity index (χ0) is 15.3. The molecule has 2 rings (SSSR count).